The number of rotatable bonds is 4. The van der Waals surface area contributed by atoms with Crippen LogP contribution in [0.5, 0.6) is 0 Å². The molecule has 0 aliphatic carbocycles. The number of carbonyl (C=O) groups is 1. The van der Waals surface area contributed by atoms with Crippen molar-refractivity contribution in [3.63, 3.8) is 0 Å². The van der Waals surface area contributed by atoms with Gasteiger partial charge in [-0.1, -0.05) is 48.0 Å². The van der Waals surface area contributed by atoms with Crippen molar-refractivity contribution in [3.05, 3.63) is 83.2 Å². The first-order valence-electron chi connectivity index (χ1n) is 10.5. The van der Waals surface area contributed by atoms with Crippen molar-refractivity contribution in [1.82, 2.24) is 14.7 Å². The van der Waals surface area contributed by atoms with E-state index in [1.807, 2.05) is 37.3 Å². The van der Waals surface area contributed by atoms with Gasteiger partial charge >= 0.3 is 6.18 Å². The molecule has 0 saturated carbocycles. The minimum atomic E-state index is -4.74. The van der Waals surface area contributed by atoms with E-state index in [-0.39, 0.29) is 24.7 Å². The standard InChI is InChI=1S/C24H24F3N3O2/c1-16-7-9-19(10-8-16)30-22(24(25,26)27)20(15-28-30)23(32)29-13-11-18(12-14-29)21(31)17-5-3-2-4-6-17/h2-10,15,18,21,31H,11-14H2,1H3. The monoisotopic (exact) mass is 443 g/mol. The SMILES string of the molecule is Cc1ccc(-n2ncc(C(=O)N3CCC(C(O)c4ccccc4)CC3)c2C(F)(F)F)cc1. The summed E-state index contributed by atoms with van der Waals surface area (Å²) in [4.78, 5) is 14.4. The number of hydrogen-bond acceptors (Lipinski definition) is 3. The van der Waals surface area contributed by atoms with Gasteiger partial charge in [-0.05, 0) is 43.4 Å². The summed E-state index contributed by atoms with van der Waals surface area (Å²) in [6, 6.07) is 15.7. The molecule has 1 saturated heterocycles. The number of aryl methyl sites for hydroxylation is 1. The summed E-state index contributed by atoms with van der Waals surface area (Å²) in [5, 5.41) is 14.5. The molecule has 8 heteroatoms. The van der Waals surface area contributed by atoms with Crippen LogP contribution in [0.3, 0.4) is 0 Å². The summed E-state index contributed by atoms with van der Waals surface area (Å²) in [7, 11) is 0. The van der Waals surface area contributed by atoms with Crippen molar-refractivity contribution >= 4 is 5.91 Å². The Morgan fingerprint density at radius 1 is 1.06 bits per heavy atom. The fraction of sp³-hybridized carbons (Fsp3) is 0.333. The molecule has 2 heterocycles. The Balaban J connectivity index is 1.53. The summed E-state index contributed by atoms with van der Waals surface area (Å²) in [5.74, 6) is -0.748. The fourth-order valence-corrected chi connectivity index (χ4v) is 4.17. The molecule has 0 radical (unpaired) electrons. The zero-order valence-electron chi connectivity index (χ0n) is 17.6. The van der Waals surface area contributed by atoms with Crippen molar-refractivity contribution in [3.8, 4) is 5.69 Å². The van der Waals surface area contributed by atoms with E-state index in [0.717, 1.165) is 22.0 Å². The number of nitrogens with zero attached hydrogens (tertiary/aromatic N) is 3. The van der Waals surface area contributed by atoms with Crippen molar-refractivity contribution < 1.29 is 23.1 Å². The predicted molar refractivity (Wildman–Crippen MR) is 113 cm³/mol. The Morgan fingerprint density at radius 3 is 2.28 bits per heavy atom. The first kappa shape index (κ1) is 22.1. The van der Waals surface area contributed by atoms with Crippen LogP contribution in [0.4, 0.5) is 13.2 Å². The molecule has 1 amide bonds. The van der Waals surface area contributed by atoms with Gasteiger partial charge in [-0.2, -0.15) is 18.3 Å². The lowest BCUT2D eigenvalue weighted by molar-refractivity contribution is -0.143. The highest BCUT2D eigenvalue weighted by Crippen LogP contribution is 2.36. The van der Waals surface area contributed by atoms with Crippen LogP contribution >= 0.6 is 0 Å². The van der Waals surface area contributed by atoms with Gasteiger partial charge in [0.2, 0.25) is 0 Å². The molecule has 0 bridgehead atoms. The highest BCUT2D eigenvalue weighted by atomic mass is 19.4. The van der Waals surface area contributed by atoms with E-state index in [1.165, 1.54) is 4.90 Å². The van der Waals surface area contributed by atoms with Crippen LogP contribution in [0.15, 0.2) is 60.8 Å². The highest BCUT2D eigenvalue weighted by molar-refractivity contribution is 5.95. The number of benzene rings is 2. The lowest BCUT2D eigenvalue weighted by Gasteiger charge is -2.34. The molecule has 1 atom stereocenters. The predicted octanol–water partition coefficient (Wildman–Crippen LogP) is 4.79. The summed E-state index contributed by atoms with van der Waals surface area (Å²) in [5.41, 5.74) is 0.423. The first-order valence-corrected chi connectivity index (χ1v) is 10.5. The van der Waals surface area contributed by atoms with Crippen LogP contribution in [0.2, 0.25) is 0 Å². The Hall–Kier alpha value is -3.13. The van der Waals surface area contributed by atoms with Gasteiger partial charge in [0.05, 0.1) is 23.6 Å². The second kappa shape index (κ2) is 8.78. The molecule has 1 aliphatic rings. The number of hydrogen-bond donors (Lipinski definition) is 1. The Bertz CT molecular complexity index is 1070. The van der Waals surface area contributed by atoms with E-state index >= 15 is 0 Å². The van der Waals surface area contributed by atoms with Crippen LogP contribution in [0.1, 0.15) is 46.1 Å². The number of carbonyl (C=O) groups excluding carboxylic acids is 1. The van der Waals surface area contributed by atoms with Crippen LogP contribution < -0.4 is 0 Å². The number of halogens is 3. The number of likely N-dealkylation sites (tertiary alicyclic amines) is 1. The molecule has 2 aromatic carbocycles. The average molecular weight is 443 g/mol. The van der Waals surface area contributed by atoms with Gasteiger partial charge < -0.3 is 10.0 Å². The van der Waals surface area contributed by atoms with E-state index in [9.17, 15) is 23.1 Å². The lowest BCUT2D eigenvalue weighted by Crippen LogP contribution is -2.40. The summed E-state index contributed by atoms with van der Waals surface area (Å²) < 4.78 is 42.6. The third-order valence-corrected chi connectivity index (χ3v) is 5.96. The molecule has 1 unspecified atom stereocenters. The Kier molecular flexibility index (Phi) is 6.06. The lowest BCUT2D eigenvalue weighted by atomic mass is 9.87. The molecule has 1 N–H and O–H groups in total. The minimum absolute atomic E-state index is 0.0566. The number of piperidine rings is 1. The maximum absolute atomic E-state index is 13.9. The molecular formula is C24H24F3N3O2. The van der Waals surface area contributed by atoms with Crippen LogP contribution in [-0.2, 0) is 6.18 Å². The number of aliphatic hydroxyl groups is 1. The maximum Gasteiger partial charge on any atom is 0.434 e. The first-order chi connectivity index (χ1) is 15.3. The second-order valence-corrected chi connectivity index (χ2v) is 8.14. The number of aliphatic hydroxyl groups excluding tert-OH is 1. The van der Waals surface area contributed by atoms with Crippen LogP contribution in [0, 0.1) is 12.8 Å². The number of aromatic nitrogens is 2. The van der Waals surface area contributed by atoms with Gasteiger partial charge in [-0.25, -0.2) is 4.68 Å². The normalized spacial score (nSPS) is 16.2. The van der Waals surface area contributed by atoms with E-state index < -0.39 is 29.4 Å². The Morgan fingerprint density at radius 2 is 1.69 bits per heavy atom. The van der Waals surface area contributed by atoms with Gasteiger partial charge in [-0.3, -0.25) is 4.79 Å². The van der Waals surface area contributed by atoms with Crippen LogP contribution in [-0.4, -0.2) is 38.8 Å². The van der Waals surface area contributed by atoms with Gasteiger partial charge in [-0.15, -0.1) is 0 Å². The van der Waals surface area contributed by atoms with E-state index in [0.29, 0.717) is 12.8 Å². The smallest absolute Gasteiger partial charge is 0.388 e. The maximum atomic E-state index is 13.9. The Labute approximate surface area is 184 Å². The summed E-state index contributed by atoms with van der Waals surface area (Å²) in [6.45, 7) is 2.39. The molecule has 1 aromatic heterocycles. The van der Waals surface area contributed by atoms with E-state index in [4.69, 9.17) is 0 Å². The number of alkyl halides is 3. The number of amides is 1. The average Bonchev–Trinajstić information content (AvgIpc) is 3.25. The largest absolute Gasteiger partial charge is 0.434 e. The molecule has 5 nitrogen and oxygen atoms in total. The molecular weight excluding hydrogens is 419 g/mol. The zero-order valence-corrected chi connectivity index (χ0v) is 17.6. The highest BCUT2D eigenvalue weighted by Gasteiger charge is 2.42. The van der Waals surface area contributed by atoms with Gasteiger partial charge in [0, 0.05) is 13.1 Å². The zero-order chi connectivity index (χ0) is 22.9. The molecule has 3 aromatic rings. The van der Waals surface area contributed by atoms with Crippen molar-refractivity contribution in [2.45, 2.75) is 32.0 Å². The fourth-order valence-electron chi connectivity index (χ4n) is 4.17. The van der Waals surface area contributed by atoms with Crippen molar-refractivity contribution in [2.75, 3.05) is 13.1 Å². The van der Waals surface area contributed by atoms with Gasteiger partial charge in [0.15, 0.2) is 5.69 Å². The van der Waals surface area contributed by atoms with Crippen molar-refractivity contribution in [2.24, 2.45) is 5.92 Å². The van der Waals surface area contributed by atoms with Gasteiger partial charge in [0.1, 0.15) is 0 Å². The second-order valence-electron chi connectivity index (χ2n) is 8.14. The minimum Gasteiger partial charge on any atom is -0.388 e. The molecule has 0 spiro atoms. The third-order valence-electron chi connectivity index (χ3n) is 5.96. The summed E-state index contributed by atoms with van der Waals surface area (Å²) >= 11 is 0. The van der Waals surface area contributed by atoms with E-state index in [2.05, 4.69) is 5.10 Å². The molecule has 168 valence electrons. The topological polar surface area (TPSA) is 58.4 Å². The molecule has 1 aliphatic heterocycles. The van der Waals surface area contributed by atoms with Crippen molar-refractivity contribution in [1.29, 1.82) is 0 Å². The third kappa shape index (κ3) is 4.41. The molecule has 1 fully saturated rings. The van der Waals surface area contributed by atoms with E-state index in [1.54, 1.807) is 24.3 Å². The van der Waals surface area contributed by atoms with Gasteiger partial charge in [0.25, 0.3) is 5.91 Å². The molecule has 32 heavy (non-hydrogen) atoms. The summed E-state index contributed by atoms with van der Waals surface area (Å²) in [6.07, 6.45) is -3.39. The molecule has 4 rings (SSSR count). The quantitative estimate of drug-likeness (QED) is 0.631. The van der Waals surface area contributed by atoms with Crippen LogP contribution in [0.25, 0.3) is 5.69 Å².